The highest BCUT2D eigenvalue weighted by Crippen LogP contribution is 2.42. The van der Waals surface area contributed by atoms with Crippen molar-refractivity contribution in [3.05, 3.63) is 5.82 Å². The summed E-state index contributed by atoms with van der Waals surface area (Å²) in [5, 5.41) is 9.50. The fourth-order valence-corrected chi connectivity index (χ4v) is 5.77. The highest BCUT2D eigenvalue weighted by atomic mass is 16.5. The molecule has 1 saturated carbocycles. The Morgan fingerprint density at radius 1 is 1.11 bits per heavy atom. The van der Waals surface area contributed by atoms with Gasteiger partial charge in [-0.3, -0.25) is 4.57 Å². The maximum absolute atomic E-state index is 5.68. The molecule has 0 N–H and O–H groups in total. The van der Waals surface area contributed by atoms with Crippen molar-refractivity contribution < 1.29 is 4.74 Å². The molecule has 0 aromatic carbocycles. The van der Waals surface area contributed by atoms with Gasteiger partial charge in [-0.2, -0.15) is 0 Å². The molecule has 158 valence electrons. The molecule has 6 nitrogen and oxygen atoms in total. The fraction of sp³-hybridized carbons (Fsp3) is 0.909. The molecule has 1 aliphatic carbocycles. The second-order valence-electron chi connectivity index (χ2n) is 9.10. The first-order valence-corrected chi connectivity index (χ1v) is 11.7. The number of rotatable bonds is 8. The minimum atomic E-state index is 0.414. The van der Waals surface area contributed by atoms with E-state index in [0.717, 1.165) is 76.6 Å². The number of hydrogen-bond acceptors (Lipinski definition) is 5. The molecule has 1 aromatic heterocycles. The van der Waals surface area contributed by atoms with Crippen molar-refractivity contribution in [1.82, 2.24) is 19.7 Å². The molecule has 1 aromatic rings. The quantitative estimate of drug-likeness (QED) is 0.681. The number of aromatic nitrogens is 3. The third-order valence-electron chi connectivity index (χ3n) is 7.46. The van der Waals surface area contributed by atoms with Crippen LogP contribution < -0.4 is 4.90 Å². The van der Waals surface area contributed by atoms with Crippen molar-refractivity contribution in [2.24, 2.45) is 11.8 Å². The second-order valence-corrected chi connectivity index (χ2v) is 9.10. The lowest BCUT2D eigenvalue weighted by Crippen LogP contribution is -2.37. The van der Waals surface area contributed by atoms with Crippen LogP contribution in [0.5, 0.6) is 0 Å². The third kappa shape index (κ3) is 3.95. The van der Waals surface area contributed by atoms with Gasteiger partial charge in [0.1, 0.15) is 5.82 Å². The van der Waals surface area contributed by atoms with Crippen LogP contribution in [0.15, 0.2) is 0 Å². The largest absolute Gasteiger partial charge is 0.381 e. The van der Waals surface area contributed by atoms with Gasteiger partial charge in [0.25, 0.3) is 0 Å². The molecular weight excluding hydrogens is 350 g/mol. The van der Waals surface area contributed by atoms with Gasteiger partial charge in [-0.1, -0.05) is 33.6 Å². The first-order valence-electron chi connectivity index (χ1n) is 11.7. The standard InChI is InChI=1S/C22H39N5O/c1-4-25(5-2)12-8-13-26-21(18-11-14-28-16-18)23-24-22(26)27-15-17(3)19-9-6-7-10-20(19)27/h17-20H,4-16H2,1-3H3. The highest BCUT2D eigenvalue weighted by molar-refractivity contribution is 5.37. The second kappa shape index (κ2) is 9.12. The topological polar surface area (TPSA) is 46.4 Å². The van der Waals surface area contributed by atoms with E-state index in [4.69, 9.17) is 14.9 Å². The fourth-order valence-electron chi connectivity index (χ4n) is 5.77. The first-order chi connectivity index (χ1) is 13.7. The lowest BCUT2D eigenvalue weighted by molar-refractivity contribution is 0.192. The molecule has 0 spiro atoms. The molecule has 2 aliphatic heterocycles. The van der Waals surface area contributed by atoms with Crippen LogP contribution >= 0.6 is 0 Å². The normalized spacial score (nSPS) is 30.4. The Morgan fingerprint density at radius 3 is 2.68 bits per heavy atom. The minimum Gasteiger partial charge on any atom is -0.381 e. The molecule has 3 heterocycles. The zero-order valence-corrected chi connectivity index (χ0v) is 18.1. The van der Waals surface area contributed by atoms with Crippen LogP contribution in [0.3, 0.4) is 0 Å². The lowest BCUT2D eigenvalue weighted by Gasteiger charge is -2.33. The minimum absolute atomic E-state index is 0.414. The van der Waals surface area contributed by atoms with E-state index < -0.39 is 0 Å². The molecule has 0 bridgehead atoms. The lowest BCUT2D eigenvalue weighted by atomic mass is 9.80. The van der Waals surface area contributed by atoms with E-state index in [2.05, 4.69) is 35.1 Å². The Hall–Kier alpha value is -1.14. The van der Waals surface area contributed by atoms with Gasteiger partial charge in [0.05, 0.1) is 6.61 Å². The van der Waals surface area contributed by atoms with Gasteiger partial charge >= 0.3 is 0 Å². The summed E-state index contributed by atoms with van der Waals surface area (Å²) in [5.74, 6) is 4.33. The predicted octanol–water partition coefficient (Wildman–Crippen LogP) is 3.53. The number of fused-ring (bicyclic) bond motifs is 1. The van der Waals surface area contributed by atoms with Crippen LogP contribution in [0.4, 0.5) is 5.95 Å². The monoisotopic (exact) mass is 389 g/mol. The van der Waals surface area contributed by atoms with Crippen LogP contribution in [0.25, 0.3) is 0 Å². The Balaban J connectivity index is 1.56. The molecule has 28 heavy (non-hydrogen) atoms. The van der Waals surface area contributed by atoms with E-state index in [0.29, 0.717) is 12.0 Å². The van der Waals surface area contributed by atoms with Gasteiger partial charge in [-0.25, -0.2) is 0 Å². The summed E-state index contributed by atoms with van der Waals surface area (Å²) in [4.78, 5) is 5.13. The molecule has 3 fully saturated rings. The van der Waals surface area contributed by atoms with Crippen LogP contribution in [0.1, 0.15) is 71.0 Å². The summed E-state index contributed by atoms with van der Waals surface area (Å²) in [6, 6.07) is 0.669. The van der Waals surface area contributed by atoms with Crippen LogP contribution in [0.2, 0.25) is 0 Å². The van der Waals surface area contributed by atoms with Gasteiger partial charge in [0.15, 0.2) is 0 Å². The molecule has 6 heteroatoms. The van der Waals surface area contributed by atoms with Gasteiger partial charge in [-0.05, 0) is 57.2 Å². The van der Waals surface area contributed by atoms with Gasteiger partial charge in [-0.15, -0.1) is 10.2 Å². The van der Waals surface area contributed by atoms with Crippen molar-refractivity contribution in [3.63, 3.8) is 0 Å². The molecule has 0 amide bonds. The van der Waals surface area contributed by atoms with Gasteiger partial charge in [0, 0.05) is 31.7 Å². The van der Waals surface area contributed by atoms with E-state index in [9.17, 15) is 0 Å². The van der Waals surface area contributed by atoms with E-state index in [1.54, 1.807) is 0 Å². The maximum Gasteiger partial charge on any atom is 0.227 e. The SMILES string of the molecule is CCN(CC)CCCn1c(C2CCOC2)nnc1N1CC(C)C2CCCCC21. The summed E-state index contributed by atoms with van der Waals surface area (Å²) in [7, 11) is 0. The highest BCUT2D eigenvalue weighted by Gasteiger charge is 2.42. The Kier molecular flexibility index (Phi) is 6.56. The predicted molar refractivity (Wildman–Crippen MR) is 113 cm³/mol. The van der Waals surface area contributed by atoms with Crippen LogP contribution in [-0.2, 0) is 11.3 Å². The summed E-state index contributed by atoms with van der Waals surface area (Å²) < 4.78 is 8.14. The summed E-state index contributed by atoms with van der Waals surface area (Å²) in [5.41, 5.74) is 0. The molecule has 2 saturated heterocycles. The Morgan fingerprint density at radius 2 is 1.93 bits per heavy atom. The molecule has 4 rings (SSSR count). The van der Waals surface area contributed by atoms with Crippen molar-refractivity contribution in [2.75, 3.05) is 44.3 Å². The summed E-state index contributed by atoms with van der Waals surface area (Å²) in [6.07, 6.45) is 7.72. The van der Waals surface area contributed by atoms with E-state index in [1.165, 1.54) is 31.5 Å². The summed E-state index contributed by atoms with van der Waals surface area (Å²) >= 11 is 0. The molecule has 4 unspecified atom stereocenters. The average molecular weight is 390 g/mol. The molecular formula is C22H39N5O. The van der Waals surface area contributed by atoms with Gasteiger partial charge < -0.3 is 14.5 Å². The Labute approximate surface area is 170 Å². The number of hydrogen-bond donors (Lipinski definition) is 0. The number of nitrogens with zero attached hydrogens (tertiary/aromatic N) is 5. The molecule has 3 aliphatic rings. The van der Waals surface area contributed by atoms with Crippen LogP contribution in [-0.4, -0.2) is 65.1 Å². The van der Waals surface area contributed by atoms with Crippen molar-refractivity contribution in [2.45, 2.75) is 77.8 Å². The van der Waals surface area contributed by atoms with Crippen molar-refractivity contribution in [1.29, 1.82) is 0 Å². The zero-order chi connectivity index (χ0) is 19.5. The van der Waals surface area contributed by atoms with Gasteiger partial charge in [0.2, 0.25) is 5.95 Å². The molecule has 0 radical (unpaired) electrons. The third-order valence-corrected chi connectivity index (χ3v) is 7.46. The maximum atomic E-state index is 5.68. The summed E-state index contributed by atoms with van der Waals surface area (Å²) in [6.45, 7) is 14.2. The van der Waals surface area contributed by atoms with Crippen LogP contribution in [0, 0.1) is 11.8 Å². The Bertz CT molecular complexity index is 622. The van der Waals surface area contributed by atoms with E-state index in [1.807, 2.05) is 0 Å². The van der Waals surface area contributed by atoms with E-state index in [-0.39, 0.29) is 0 Å². The van der Waals surface area contributed by atoms with Crippen molar-refractivity contribution in [3.8, 4) is 0 Å². The smallest absolute Gasteiger partial charge is 0.227 e. The van der Waals surface area contributed by atoms with E-state index >= 15 is 0 Å². The first kappa shape index (κ1) is 20.1. The average Bonchev–Trinajstić information content (AvgIpc) is 3.44. The molecule has 4 atom stereocenters. The van der Waals surface area contributed by atoms with Crippen molar-refractivity contribution >= 4 is 5.95 Å². The zero-order valence-electron chi connectivity index (χ0n) is 18.1. The number of anilines is 1. The number of ether oxygens (including phenoxy) is 1.